The lowest BCUT2D eigenvalue weighted by Gasteiger charge is -2.53. The van der Waals surface area contributed by atoms with E-state index in [1.54, 1.807) is 0 Å². The van der Waals surface area contributed by atoms with E-state index >= 15 is 0 Å². The maximum absolute atomic E-state index is 13.6. The van der Waals surface area contributed by atoms with Crippen molar-refractivity contribution in [3.8, 4) is 11.5 Å². The zero-order chi connectivity index (χ0) is 19.2. The molecule has 140 valence electrons. The number of ether oxygens (including phenoxy) is 2. The van der Waals surface area contributed by atoms with Gasteiger partial charge in [0.05, 0.1) is 16.6 Å². The van der Waals surface area contributed by atoms with Gasteiger partial charge >= 0.3 is 0 Å². The predicted molar refractivity (Wildman–Crippen MR) is 104 cm³/mol. The smallest absolute Gasteiger partial charge is 0.239 e. The molecule has 3 heterocycles. The van der Waals surface area contributed by atoms with Gasteiger partial charge in [-0.1, -0.05) is 34.6 Å². The molecule has 5 aliphatic rings. The van der Waals surface area contributed by atoms with Gasteiger partial charge in [-0.25, -0.2) is 6.57 Å². The van der Waals surface area contributed by atoms with Crippen LogP contribution < -0.4 is 9.47 Å². The first kappa shape index (κ1) is 17.4. The first-order valence-electron chi connectivity index (χ1n) is 9.00. The van der Waals surface area contributed by atoms with E-state index in [9.17, 15) is 9.59 Å². The molecule has 0 aromatic heterocycles. The number of carbonyl (C=O) groups excluding carboxylic acids is 2. The molecule has 0 N–H and O–H groups in total. The topological polar surface area (TPSA) is 57.0 Å². The van der Waals surface area contributed by atoms with E-state index in [1.807, 2.05) is 39.0 Å². The van der Waals surface area contributed by atoms with Gasteiger partial charge in [-0.2, -0.15) is 0 Å². The highest BCUT2D eigenvalue weighted by Gasteiger charge is 2.78. The number of hydrogen-bond acceptors (Lipinski definition) is 6. The Balaban J connectivity index is 1.71. The van der Waals surface area contributed by atoms with E-state index in [0.29, 0.717) is 17.9 Å². The van der Waals surface area contributed by atoms with Crippen LogP contribution in [0.5, 0.6) is 11.5 Å². The second-order valence-electron chi connectivity index (χ2n) is 8.33. The Morgan fingerprint density at radius 3 is 2.59 bits per heavy atom. The molecular formula is C20H19NO4S2. The summed E-state index contributed by atoms with van der Waals surface area (Å²) in [6, 6.07) is 5.65. The Kier molecular flexibility index (Phi) is 3.38. The standard InChI is InChI=1S/C20H19NO4S2/c1-10-16(22)20-8-18(2,21-4)14(15(20)17(23)19(10,3)26-27-20)11-5-6-12-13(7-11)25-9-24-12/h5-7,10,14-15H,8-9H2,1-3H3/t10?,14-,15?,18+,19+,20-/m1/s1. The molecule has 27 heavy (non-hydrogen) atoms. The summed E-state index contributed by atoms with van der Waals surface area (Å²) in [6.07, 6.45) is 0.413. The van der Waals surface area contributed by atoms with Crippen molar-refractivity contribution in [3.63, 3.8) is 0 Å². The van der Waals surface area contributed by atoms with Crippen molar-refractivity contribution in [2.45, 2.75) is 48.1 Å². The average molecular weight is 402 g/mol. The number of rotatable bonds is 1. The molecule has 5 nitrogen and oxygen atoms in total. The third-order valence-electron chi connectivity index (χ3n) is 6.91. The number of nitrogens with zero attached hydrogens (tertiary/aromatic N) is 1. The van der Waals surface area contributed by atoms with Crippen LogP contribution in [0.1, 0.15) is 38.7 Å². The third kappa shape index (κ3) is 1.93. The highest BCUT2D eigenvalue weighted by atomic mass is 33.1. The van der Waals surface area contributed by atoms with E-state index in [4.69, 9.17) is 16.0 Å². The molecule has 2 aliphatic carbocycles. The molecule has 4 fully saturated rings. The van der Waals surface area contributed by atoms with E-state index in [2.05, 4.69) is 4.85 Å². The molecule has 1 spiro atoms. The summed E-state index contributed by atoms with van der Waals surface area (Å²) >= 11 is 0. The number of hydrogen-bond donors (Lipinski definition) is 0. The van der Waals surface area contributed by atoms with Gasteiger partial charge in [-0.3, -0.25) is 9.59 Å². The summed E-state index contributed by atoms with van der Waals surface area (Å²) < 4.78 is 9.39. The summed E-state index contributed by atoms with van der Waals surface area (Å²) in [6.45, 7) is 13.8. The van der Waals surface area contributed by atoms with Gasteiger partial charge < -0.3 is 14.3 Å². The van der Waals surface area contributed by atoms with Crippen molar-refractivity contribution in [1.29, 1.82) is 0 Å². The van der Waals surface area contributed by atoms with Gasteiger partial charge in [0.15, 0.2) is 23.1 Å². The molecule has 6 rings (SSSR count). The number of fused-ring (bicyclic) bond motifs is 3. The first-order chi connectivity index (χ1) is 12.8. The van der Waals surface area contributed by atoms with Crippen LogP contribution >= 0.6 is 21.6 Å². The molecule has 1 aromatic rings. The lowest BCUT2D eigenvalue weighted by atomic mass is 9.64. The maximum Gasteiger partial charge on any atom is 0.239 e. The summed E-state index contributed by atoms with van der Waals surface area (Å²) in [5, 5.41) is 0. The molecule has 2 unspecified atom stereocenters. The fraction of sp³-hybridized carbons (Fsp3) is 0.550. The molecule has 7 heteroatoms. The second-order valence-corrected chi connectivity index (χ2v) is 11.2. The first-order valence-corrected chi connectivity index (χ1v) is 11.2. The van der Waals surface area contributed by atoms with Crippen molar-refractivity contribution in [2.24, 2.45) is 11.8 Å². The third-order valence-corrected chi connectivity index (χ3v) is 11.0. The van der Waals surface area contributed by atoms with Crippen LogP contribution in [0.25, 0.3) is 4.85 Å². The number of Topliss-reactive ketones (excluding diaryl/α,β-unsaturated/α-hetero) is 2. The van der Waals surface area contributed by atoms with E-state index in [0.717, 1.165) is 5.56 Å². The molecule has 1 aromatic carbocycles. The van der Waals surface area contributed by atoms with Crippen LogP contribution in [-0.4, -0.2) is 33.4 Å². The zero-order valence-corrected chi connectivity index (χ0v) is 16.9. The summed E-state index contributed by atoms with van der Waals surface area (Å²) in [7, 11) is 3.06. The Morgan fingerprint density at radius 2 is 1.85 bits per heavy atom. The molecule has 0 amide bonds. The van der Waals surface area contributed by atoms with Crippen LogP contribution in [0.4, 0.5) is 0 Å². The van der Waals surface area contributed by atoms with Crippen molar-refractivity contribution >= 4 is 33.2 Å². The quantitative estimate of drug-likeness (QED) is 0.526. The fourth-order valence-corrected chi connectivity index (χ4v) is 9.40. The highest BCUT2D eigenvalue weighted by molar-refractivity contribution is 8.78. The van der Waals surface area contributed by atoms with E-state index in [1.165, 1.54) is 21.6 Å². The van der Waals surface area contributed by atoms with Crippen LogP contribution in [0, 0.1) is 18.4 Å². The largest absolute Gasteiger partial charge is 0.454 e. The van der Waals surface area contributed by atoms with Crippen LogP contribution in [0.15, 0.2) is 18.2 Å². The Labute approximate surface area is 165 Å². The van der Waals surface area contributed by atoms with Gasteiger partial charge in [0.2, 0.25) is 12.3 Å². The number of carbonyl (C=O) groups is 2. The Hall–Kier alpha value is -1.65. The van der Waals surface area contributed by atoms with Gasteiger partial charge in [-0.05, 0) is 24.6 Å². The fourth-order valence-electron chi connectivity index (χ4n) is 5.29. The van der Waals surface area contributed by atoms with Crippen LogP contribution in [-0.2, 0) is 9.59 Å². The van der Waals surface area contributed by atoms with Gasteiger partial charge in [0.1, 0.15) is 4.75 Å². The maximum atomic E-state index is 13.6. The van der Waals surface area contributed by atoms with Crippen molar-refractivity contribution in [1.82, 2.24) is 0 Å². The Bertz CT molecular complexity index is 942. The van der Waals surface area contributed by atoms with Crippen molar-refractivity contribution in [2.75, 3.05) is 6.79 Å². The average Bonchev–Trinajstić information content (AvgIpc) is 3.23. The lowest BCUT2D eigenvalue weighted by Crippen LogP contribution is -2.65. The van der Waals surface area contributed by atoms with E-state index < -0.39 is 21.0 Å². The summed E-state index contributed by atoms with van der Waals surface area (Å²) in [4.78, 5) is 31.0. The van der Waals surface area contributed by atoms with Crippen LogP contribution in [0.2, 0.25) is 0 Å². The molecule has 2 saturated heterocycles. The summed E-state index contributed by atoms with van der Waals surface area (Å²) in [5.74, 6) is 0.442. The second kappa shape index (κ2) is 5.24. The number of ketones is 2. The van der Waals surface area contributed by atoms with Crippen LogP contribution in [0.3, 0.4) is 0 Å². The molecule has 3 aliphatic heterocycles. The molecule has 2 saturated carbocycles. The van der Waals surface area contributed by atoms with Crippen molar-refractivity contribution < 1.29 is 19.1 Å². The molecule has 0 radical (unpaired) electrons. The minimum Gasteiger partial charge on any atom is -0.454 e. The predicted octanol–water partition coefficient (Wildman–Crippen LogP) is 3.88. The Morgan fingerprint density at radius 1 is 1.11 bits per heavy atom. The van der Waals surface area contributed by atoms with Gasteiger partial charge in [0, 0.05) is 19.3 Å². The summed E-state index contributed by atoms with van der Waals surface area (Å²) in [5.41, 5.74) is 0.0715. The lowest BCUT2D eigenvalue weighted by molar-refractivity contribution is -0.141. The van der Waals surface area contributed by atoms with Gasteiger partial charge in [-0.15, -0.1) is 0 Å². The normalized spacial score (nSPS) is 44.3. The van der Waals surface area contributed by atoms with E-state index in [-0.39, 0.29) is 30.2 Å². The monoisotopic (exact) mass is 401 g/mol. The highest BCUT2D eigenvalue weighted by Crippen LogP contribution is 2.72. The molecule has 6 atom stereocenters. The minimum absolute atomic E-state index is 0.119. The number of benzene rings is 1. The van der Waals surface area contributed by atoms with Crippen molar-refractivity contribution in [3.05, 3.63) is 35.2 Å². The molecular weight excluding hydrogens is 382 g/mol. The minimum atomic E-state index is -0.813. The zero-order valence-electron chi connectivity index (χ0n) is 15.3. The SMILES string of the molecule is [C-]#[N+][C@@]1(C)C[C@@]23SS[C@](C)(C(=O)C2[C@H]1c1ccc2c(c1)OCO2)C(C)C3=O. The van der Waals surface area contributed by atoms with Gasteiger partial charge in [0.25, 0.3) is 0 Å². The molecule has 2 bridgehead atoms.